The first kappa shape index (κ1) is 23.8. The third-order valence-corrected chi connectivity index (χ3v) is 7.84. The molecule has 6 rings (SSSR count). The second kappa shape index (κ2) is 9.71. The van der Waals surface area contributed by atoms with Gasteiger partial charge in [-0.1, -0.05) is 24.6 Å². The Morgan fingerprint density at radius 3 is 2.84 bits per heavy atom. The van der Waals surface area contributed by atoms with Crippen LogP contribution in [0.3, 0.4) is 0 Å². The van der Waals surface area contributed by atoms with Crippen LogP contribution in [0.1, 0.15) is 48.9 Å². The van der Waals surface area contributed by atoms with E-state index in [9.17, 15) is 5.11 Å². The fourth-order valence-electron chi connectivity index (χ4n) is 6.01. The summed E-state index contributed by atoms with van der Waals surface area (Å²) in [6.45, 7) is 3.39. The maximum atomic E-state index is 15.7. The van der Waals surface area contributed by atoms with Crippen molar-refractivity contribution in [3.63, 3.8) is 0 Å². The Hall–Kier alpha value is -3.58. The number of hydrogen-bond donors (Lipinski definition) is 3. The van der Waals surface area contributed by atoms with Gasteiger partial charge in [-0.3, -0.25) is 4.98 Å². The number of aliphatic hydroxyl groups is 1. The van der Waals surface area contributed by atoms with Gasteiger partial charge in [-0.2, -0.15) is 0 Å². The normalized spacial score (nSPS) is 16.6. The van der Waals surface area contributed by atoms with Gasteiger partial charge in [-0.25, -0.2) is 4.39 Å². The van der Waals surface area contributed by atoms with Gasteiger partial charge in [0.2, 0.25) is 0 Å². The van der Waals surface area contributed by atoms with Crippen molar-refractivity contribution in [1.82, 2.24) is 9.97 Å². The van der Waals surface area contributed by atoms with E-state index in [1.165, 1.54) is 34.5 Å². The van der Waals surface area contributed by atoms with Crippen LogP contribution >= 0.6 is 0 Å². The molecule has 1 aliphatic carbocycles. The van der Waals surface area contributed by atoms with Crippen LogP contribution in [0.25, 0.3) is 10.9 Å². The number of aryl methyl sites for hydroxylation is 1. The maximum absolute atomic E-state index is 15.7. The first-order valence-corrected chi connectivity index (χ1v) is 13.2. The summed E-state index contributed by atoms with van der Waals surface area (Å²) in [4.78, 5) is 9.75. The molecule has 1 aliphatic heterocycles. The van der Waals surface area contributed by atoms with E-state index < -0.39 is 0 Å². The Labute approximate surface area is 216 Å². The Kier molecular flexibility index (Phi) is 6.24. The molecule has 0 unspecified atom stereocenters. The maximum Gasteiger partial charge on any atom is 0.152 e. The first-order valence-electron chi connectivity index (χ1n) is 13.2. The van der Waals surface area contributed by atoms with Gasteiger partial charge in [0.05, 0.1) is 18.8 Å². The van der Waals surface area contributed by atoms with Crippen LogP contribution < -0.4 is 15.0 Å². The molecular formula is C30H33FN4O2. The highest BCUT2D eigenvalue weighted by Crippen LogP contribution is 2.46. The number of hydrogen-bond acceptors (Lipinski definition) is 5. The van der Waals surface area contributed by atoms with Crippen LogP contribution in [0.4, 0.5) is 21.5 Å². The van der Waals surface area contributed by atoms with Crippen LogP contribution in [0.2, 0.25) is 0 Å². The number of ether oxygens (including phenoxy) is 1. The van der Waals surface area contributed by atoms with Gasteiger partial charge in [0.25, 0.3) is 0 Å². The summed E-state index contributed by atoms with van der Waals surface area (Å²) in [5.74, 6) is 0.304. The van der Waals surface area contributed by atoms with Gasteiger partial charge >= 0.3 is 0 Å². The molecular weight excluding hydrogens is 467 g/mol. The fourth-order valence-corrected chi connectivity index (χ4v) is 6.01. The quantitative estimate of drug-likeness (QED) is 0.286. The first-order chi connectivity index (χ1) is 18.0. The van der Waals surface area contributed by atoms with Crippen LogP contribution in [0, 0.1) is 12.7 Å². The van der Waals surface area contributed by atoms with Crippen LogP contribution in [-0.4, -0.2) is 33.8 Å². The summed E-state index contributed by atoms with van der Waals surface area (Å²) in [5.41, 5.74) is 5.83. The molecule has 1 fully saturated rings. The van der Waals surface area contributed by atoms with E-state index in [-0.39, 0.29) is 18.0 Å². The van der Waals surface area contributed by atoms with E-state index in [0.29, 0.717) is 35.9 Å². The summed E-state index contributed by atoms with van der Waals surface area (Å²) in [5, 5.41) is 13.9. The van der Waals surface area contributed by atoms with Gasteiger partial charge < -0.3 is 25.0 Å². The van der Waals surface area contributed by atoms with E-state index in [1.54, 1.807) is 18.3 Å². The van der Waals surface area contributed by atoms with Crippen molar-refractivity contribution in [2.75, 3.05) is 23.3 Å². The third kappa shape index (κ3) is 4.64. The smallest absolute Gasteiger partial charge is 0.152 e. The number of aromatic amines is 1. The molecule has 192 valence electrons. The number of rotatable bonds is 6. The molecule has 1 spiro atoms. The van der Waals surface area contributed by atoms with Crippen molar-refractivity contribution in [1.29, 1.82) is 0 Å². The molecule has 7 heteroatoms. The number of nitrogens with zero attached hydrogens (tertiary/aromatic N) is 2. The molecule has 6 nitrogen and oxygen atoms in total. The van der Waals surface area contributed by atoms with Crippen molar-refractivity contribution in [2.24, 2.45) is 0 Å². The summed E-state index contributed by atoms with van der Waals surface area (Å²) in [7, 11) is 0. The molecule has 0 saturated heterocycles. The van der Waals surface area contributed by atoms with Crippen molar-refractivity contribution >= 4 is 28.0 Å². The standard InChI is InChI=1S/C30H33FN4O2/c1-20-6-5-7-25-21(17-33-28(20)25)9-13-35-19-30(10-3-2-4-11-30)37-27-16-23(15-26(31)29(27)35)34-22-8-12-32-24(14-22)18-36/h5-8,12,14-17,33,36H,2-4,9-11,13,18-19H2,1H3,(H,32,34). The molecule has 3 heterocycles. The molecule has 0 bridgehead atoms. The third-order valence-electron chi connectivity index (χ3n) is 7.84. The second-order valence-corrected chi connectivity index (χ2v) is 10.5. The molecule has 0 atom stereocenters. The zero-order valence-corrected chi connectivity index (χ0v) is 21.2. The minimum Gasteiger partial charge on any atom is -0.483 e. The molecule has 1 saturated carbocycles. The average Bonchev–Trinajstić information content (AvgIpc) is 3.32. The minimum absolute atomic E-state index is 0.148. The van der Waals surface area contributed by atoms with Crippen molar-refractivity contribution in [3.8, 4) is 5.75 Å². The lowest BCUT2D eigenvalue weighted by Crippen LogP contribution is -2.52. The average molecular weight is 501 g/mol. The van der Waals surface area contributed by atoms with E-state index in [4.69, 9.17) is 4.74 Å². The molecule has 3 N–H and O–H groups in total. The number of para-hydroxylation sites is 1. The molecule has 2 aromatic carbocycles. The fraction of sp³-hybridized carbons (Fsp3) is 0.367. The monoisotopic (exact) mass is 500 g/mol. The molecule has 2 aliphatic rings. The summed E-state index contributed by atoms with van der Waals surface area (Å²) in [6, 6.07) is 13.4. The predicted octanol–water partition coefficient (Wildman–Crippen LogP) is 6.39. The highest BCUT2D eigenvalue weighted by atomic mass is 19.1. The SMILES string of the molecule is Cc1cccc2c(CCN3CC4(CCCCC4)Oc4cc(Nc5ccnc(CO)c5)cc(F)c43)c[nH]c12. The number of pyridine rings is 1. The number of aromatic nitrogens is 2. The molecule has 0 amide bonds. The zero-order chi connectivity index (χ0) is 25.4. The van der Waals surface area contributed by atoms with Gasteiger partial charge in [0.1, 0.15) is 17.0 Å². The zero-order valence-electron chi connectivity index (χ0n) is 21.2. The van der Waals surface area contributed by atoms with Gasteiger partial charge in [-0.15, -0.1) is 0 Å². The summed E-state index contributed by atoms with van der Waals surface area (Å²) >= 11 is 0. The number of fused-ring (bicyclic) bond motifs is 2. The van der Waals surface area contributed by atoms with E-state index in [1.807, 2.05) is 6.07 Å². The van der Waals surface area contributed by atoms with E-state index in [0.717, 1.165) is 37.8 Å². The van der Waals surface area contributed by atoms with Gasteiger partial charge in [0, 0.05) is 47.3 Å². The number of benzene rings is 2. The van der Waals surface area contributed by atoms with E-state index >= 15 is 4.39 Å². The van der Waals surface area contributed by atoms with E-state index in [2.05, 4.69) is 51.5 Å². The molecule has 4 aromatic rings. The summed E-state index contributed by atoms with van der Waals surface area (Å²) in [6.07, 6.45) is 9.99. The lowest BCUT2D eigenvalue weighted by molar-refractivity contribution is 0.0280. The highest BCUT2D eigenvalue weighted by Gasteiger charge is 2.42. The Bertz CT molecular complexity index is 1430. The van der Waals surface area contributed by atoms with Crippen LogP contribution in [0.5, 0.6) is 5.75 Å². The molecule has 0 radical (unpaired) electrons. The topological polar surface area (TPSA) is 73.4 Å². The number of nitrogens with one attached hydrogen (secondary N) is 2. The van der Waals surface area contributed by atoms with Gasteiger partial charge in [-0.05, 0) is 68.4 Å². The Morgan fingerprint density at radius 1 is 1.14 bits per heavy atom. The number of H-pyrrole nitrogens is 1. The van der Waals surface area contributed by atoms with Crippen molar-refractivity contribution < 1.29 is 14.2 Å². The lowest BCUT2D eigenvalue weighted by Gasteiger charge is -2.47. The van der Waals surface area contributed by atoms with Crippen molar-refractivity contribution in [2.45, 2.75) is 57.7 Å². The largest absolute Gasteiger partial charge is 0.483 e. The van der Waals surface area contributed by atoms with Gasteiger partial charge in [0.15, 0.2) is 5.82 Å². The number of halogens is 1. The Balaban J connectivity index is 1.32. The minimum atomic E-state index is -0.295. The molecule has 37 heavy (non-hydrogen) atoms. The summed E-state index contributed by atoms with van der Waals surface area (Å²) < 4.78 is 22.4. The van der Waals surface area contributed by atoms with Crippen LogP contribution in [-0.2, 0) is 13.0 Å². The Morgan fingerprint density at radius 2 is 2.00 bits per heavy atom. The van der Waals surface area contributed by atoms with Crippen LogP contribution in [0.15, 0.2) is 54.9 Å². The number of anilines is 3. The number of aliphatic hydroxyl groups excluding tert-OH is 1. The van der Waals surface area contributed by atoms with Crippen molar-refractivity contribution in [3.05, 3.63) is 77.5 Å². The molecule has 2 aromatic heterocycles. The predicted molar refractivity (Wildman–Crippen MR) is 145 cm³/mol. The lowest BCUT2D eigenvalue weighted by atomic mass is 9.83. The highest BCUT2D eigenvalue weighted by molar-refractivity contribution is 5.86. The second-order valence-electron chi connectivity index (χ2n) is 10.5.